The minimum absolute atomic E-state index is 0.183. The van der Waals surface area contributed by atoms with Gasteiger partial charge in [0, 0.05) is 43.0 Å². The van der Waals surface area contributed by atoms with Gasteiger partial charge < -0.3 is 15.2 Å². The SMILES string of the molecule is C#CC.C/C=C\C.C=CCc1ncc(C(/C=C\C)=C/CC)cn1.CCC(NC)C(=O)O.CCCCCC.CCCCCCCC.CCCCOC.CS/C(C=O)=C\C=C\C(C)(C)C. The molecule has 8 heteroatoms. The summed E-state index contributed by atoms with van der Waals surface area (Å²) in [6.45, 7) is 33.7. The van der Waals surface area contributed by atoms with Gasteiger partial charge in [0.2, 0.25) is 0 Å². The number of unbranched alkanes of at least 4 members (excludes halogenated alkanes) is 9. The van der Waals surface area contributed by atoms with Crippen molar-refractivity contribution in [2.45, 2.75) is 199 Å². The Morgan fingerprint density at radius 1 is 0.889 bits per heavy atom. The number of carbonyl (C=O) groups excluding carboxylic acids is 1. The molecule has 63 heavy (non-hydrogen) atoms. The first-order valence-electron chi connectivity index (χ1n) is 23.6. The van der Waals surface area contributed by atoms with Crippen LogP contribution >= 0.6 is 11.8 Å². The van der Waals surface area contributed by atoms with Crippen LogP contribution in [0.25, 0.3) is 5.57 Å². The van der Waals surface area contributed by atoms with E-state index in [1.165, 1.54) is 94.4 Å². The number of nitrogens with zero attached hydrogens (tertiary/aromatic N) is 2. The van der Waals surface area contributed by atoms with Crippen molar-refractivity contribution in [2.75, 3.05) is 27.0 Å². The normalized spacial score (nSPS) is 11.0. The van der Waals surface area contributed by atoms with Crippen molar-refractivity contribution in [3.8, 4) is 12.3 Å². The zero-order chi connectivity index (χ0) is 50.0. The number of nitrogens with one attached hydrogen (secondary N) is 1. The van der Waals surface area contributed by atoms with Crippen LogP contribution in [0.4, 0.5) is 0 Å². The van der Waals surface area contributed by atoms with Crippen molar-refractivity contribution in [3.05, 3.63) is 89.9 Å². The van der Waals surface area contributed by atoms with Crippen LogP contribution < -0.4 is 5.32 Å². The minimum Gasteiger partial charge on any atom is -0.480 e. The Labute approximate surface area is 396 Å². The summed E-state index contributed by atoms with van der Waals surface area (Å²) in [7, 11) is 3.37. The number of thioether (sulfide) groups is 1. The molecule has 1 atom stereocenters. The standard InChI is InChI=1S/C14H18N2.C10H16OS.C8H18.C6H14.C5H11NO2.C5H12O.C4H8.C3H4/c1-4-7-12(8-5-2)13-10-15-14(9-6-3)16-11-13;1-10(2,3)7-5-6-9(8-11)12-4;1-3-5-7-8-6-4-2;1-3-5-6-4-2;1-3-4(6-2)5(7)8;1-3-4-5-6-2;1-3-4-2;1-3-2/h4,6-8,10-11H,3,5,9H2,1-2H3;5-8H,1-4H3;3-8H2,1-2H3;3-6H2,1-2H3;4,6H,3H2,1-2H3,(H,7,8);3-5H2,1-2H3;3-4H,1-2H3;1H,2H3/b7-4-,12-8+;7-5+,9-6-;;;;;4-3-;. The number of aromatic nitrogens is 2. The first-order valence-corrected chi connectivity index (χ1v) is 24.8. The van der Waals surface area contributed by atoms with Gasteiger partial charge in [0.15, 0.2) is 6.29 Å². The number of rotatable bonds is 22. The lowest BCUT2D eigenvalue weighted by molar-refractivity contribution is -0.139. The van der Waals surface area contributed by atoms with Gasteiger partial charge >= 0.3 is 5.97 Å². The second kappa shape index (κ2) is 65.1. The van der Waals surface area contributed by atoms with Gasteiger partial charge in [-0.1, -0.05) is 188 Å². The summed E-state index contributed by atoms with van der Waals surface area (Å²) in [6, 6.07) is -0.380. The molecule has 0 saturated carbocycles. The Morgan fingerprint density at radius 2 is 1.35 bits per heavy atom. The topological polar surface area (TPSA) is 101 Å². The molecule has 366 valence electrons. The quantitative estimate of drug-likeness (QED) is 0.0296. The van der Waals surface area contributed by atoms with E-state index < -0.39 is 5.97 Å². The van der Waals surface area contributed by atoms with Crippen molar-refractivity contribution in [1.82, 2.24) is 15.3 Å². The smallest absolute Gasteiger partial charge is 0.320 e. The van der Waals surface area contributed by atoms with Crippen molar-refractivity contribution < 1.29 is 19.4 Å². The van der Waals surface area contributed by atoms with Gasteiger partial charge in [-0.25, -0.2) is 9.97 Å². The monoisotopic (exact) mass is 900 g/mol. The highest BCUT2D eigenvalue weighted by Gasteiger charge is 2.09. The van der Waals surface area contributed by atoms with E-state index in [0.717, 1.165) is 42.0 Å². The second-order valence-corrected chi connectivity index (χ2v) is 16.0. The largest absolute Gasteiger partial charge is 0.480 e. The molecule has 1 rings (SSSR count). The van der Waals surface area contributed by atoms with E-state index in [2.05, 4.69) is 115 Å². The van der Waals surface area contributed by atoms with Crippen LogP contribution in [0, 0.1) is 17.8 Å². The van der Waals surface area contributed by atoms with Crippen LogP contribution in [0.3, 0.4) is 0 Å². The number of allylic oxidation sites excluding steroid dienone is 11. The highest BCUT2D eigenvalue weighted by atomic mass is 32.2. The molecule has 0 amide bonds. The average molecular weight is 900 g/mol. The molecular weight excluding hydrogens is 799 g/mol. The summed E-state index contributed by atoms with van der Waals surface area (Å²) in [6.07, 6.45) is 47.8. The molecule has 7 nitrogen and oxygen atoms in total. The molecular formula is C55H101N3O4S. The van der Waals surface area contributed by atoms with Crippen LogP contribution in [-0.2, 0) is 20.7 Å². The maximum Gasteiger partial charge on any atom is 0.320 e. The fourth-order valence-electron chi connectivity index (χ4n) is 4.15. The van der Waals surface area contributed by atoms with Gasteiger partial charge in [-0.15, -0.1) is 30.7 Å². The van der Waals surface area contributed by atoms with Crippen LogP contribution in [-0.4, -0.2) is 60.4 Å². The molecule has 2 N–H and O–H groups in total. The van der Waals surface area contributed by atoms with E-state index in [9.17, 15) is 9.59 Å². The van der Waals surface area contributed by atoms with Gasteiger partial charge in [0.1, 0.15) is 11.9 Å². The molecule has 0 spiro atoms. The number of carboxylic acids is 1. The van der Waals surface area contributed by atoms with E-state index in [-0.39, 0.29) is 11.5 Å². The third-order valence-corrected chi connectivity index (χ3v) is 8.55. The molecule has 0 saturated heterocycles. The van der Waals surface area contributed by atoms with Crippen LogP contribution in [0.15, 0.2) is 78.6 Å². The predicted molar refractivity (Wildman–Crippen MR) is 287 cm³/mol. The Kier molecular flexibility index (Phi) is 76.3. The molecule has 0 aromatic carbocycles. The molecule has 1 aromatic rings. The molecule has 0 fully saturated rings. The molecule has 1 aromatic heterocycles. The van der Waals surface area contributed by atoms with Gasteiger partial charge in [-0.2, -0.15) is 0 Å². The Hall–Kier alpha value is -3.51. The highest BCUT2D eigenvalue weighted by molar-refractivity contribution is 8.03. The van der Waals surface area contributed by atoms with Gasteiger partial charge in [0.25, 0.3) is 0 Å². The molecule has 0 aliphatic heterocycles. The van der Waals surface area contributed by atoms with Gasteiger partial charge in [0.05, 0.1) is 0 Å². The third-order valence-electron chi connectivity index (χ3n) is 7.85. The van der Waals surface area contributed by atoms with Crippen molar-refractivity contribution in [2.24, 2.45) is 5.41 Å². The Morgan fingerprint density at radius 3 is 1.60 bits per heavy atom. The lowest BCUT2D eigenvalue weighted by Crippen LogP contribution is -2.32. The van der Waals surface area contributed by atoms with Crippen LogP contribution in [0.1, 0.15) is 198 Å². The fourth-order valence-corrected chi connectivity index (χ4v) is 4.46. The third kappa shape index (κ3) is 73.2. The Bertz CT molecular complexity index is 1240. The summed E-state index contributed by atoms with van der Waals surface area (Å²) in [5, 5.41) is 11.0. The number of carboxylic acid groups (broad SMARTS) is 1. The van der Waals surface area contributed by atoms with E-state index in [1.54, 1.807) is 21.1 Å². The zero-order valence-corrected chi connectivity index (χ0v) is 44.9. The van der Waals surface area contributed by atoms with Crippen molar-refractivity contribution >= 4 is 29.6 Å². The van der Waals surface area contributed by atoms with E-state index in [4.69, 9.17) is 9.84 Å². The number of hydrogen-bond acceptors (Lipinski definition) is 7. The molecule has 0 bridgehead atoms. The van der Waals surface area contributed by atoms with Crippen molar-refractivity contribution in [1.29, 1.82) is 0 Å². The van der Waals surface area contributed by atoms with E-state index >= 15 is 0 Å². The van der Waals surface area contributed by atoms with Gasteiger partial charge in [-0.3, -0.25) is 9.59 Å². The van der Waals surface area contributed by atoms with Gasteiger partial charge in [-0.05, 0) is 77.3 Å². The number of terminal acetylenes is 1. The molecule has 0 aliphatic carbocycles. The highest BCUT2D eigenvalue weighted by Crippen LogP contribution is 2.16. The summed E-state index contributed by atoms with van der Waals surface area (Å²) in [4.78, 5) is 29.8. The molecule has 0 aliphatic rings. The number of methoxy groups -OCH3 is 1. The van der Waals surface area contributed by atoms with Crippen molar-refractivity contribution in [3.63, 3.8) is 0 Å². The van der Waals surface area contributed by atoms with Crippen LogP contribution in [0.5, 0.6) is 0 Å². The lowest BCUT2D eigenvalue weighted by Gasteiger charge is -2.09. The number of likely N-dealkylation sites (N-methyl/N-ethyl adjacent to an activating group) is 1. The maximum absolute atomic E-state index is 10.4. The lowest BCUT2D eigenvalue weighted by atomic mass is 9.96. The number of hydrogen-bond donors (Lipinski definition) is 2. The first kappa shape index (κ1) is 73.9. The predicted octanol–water partition coefficient (Wildman–Crippen LogP) is 16.3. The number of aliphatic carboxylic acids is 1. The first-order chi connectivity index (χ1) is 30.1. The molecule has 0 radical (unpaired) electrons. The average Bonchev–Trinajstić information content (AvgIpc) is 3.27. The fraction of sp³-hybridized carbons (Fsp3) is 0.636. The number of carbonyl (C=O) groups is 2. The summed E-state index contributed by atoms with van der Waals surface area (Å²) < 4.78 is 4.78. The molecule has 1 heterocycles. The Balaban J connectivity index is -0.000000120. The summed E-state index contributed by atoms with van der Waals surface area (Å²) in [5.74, 6) is 2.28. The van der Waals surface area contributed by atoms with E-state index in [0.29, 0.717) is 6.42 Å². The second-order valence-electron chi connectivity index (χ2n) is 15.1. The van der Waals surface area contributed by atoms with E-state index in [1.807, 2.05) is 82.8 Å². The zero-order valence-electron chi connectivity index (χ0n) is 44.1. The summed E-state index contributed by atoms with van der Waals surface area (Å²) in [5.41, 5.74) is 2.42. The molecule has 1 unspecified atom stereocenters. The maximum atomic E-state index is 10.4. The number of ether oxygens (including phenoxy) is 1. The minimum atomic E-state index is -0.782. The number of aldehydes is 1. The van der Waals surface area contributed by atoms with Crippen LogP contribution in [0.2, 0.25) is 0 Å². The summed E-state index contributed by atoms with van der Waals surface area (Å²) >= 11 is 1.46.